The van der Waals surface area contributed by atoms with Gasteiger partial charge in [0.05, 0.1) is 30.3 Å². The number of aryl methyl sites for hydroxylation is 2. The molecule has 1 saturated heterocycles. The molecule has 2 aliphatic heterocycles. The van der Waals surface area contributed by atoms with Crippen LogP contribution in [0.2, 0.25) is 0 Å². The lowest BCUT2D eigenvalue weighted by molar-refractivity contribution is -0.127. The molecule has 0 bridgehead atoms. The smallest absolute Gasteiger partial charge is 0.286 e. The van der Waals surface area contributed by atoms with E-state index in [0.29, 0.717) is 38.5 Å². The lowest BCUT2D eigenvalue weighted by Crippen LogP contribution is -2.47. The van der Waals surface area contributed by atoms with Crippen molar-refractivity contribution in [2.75, 3.05) is 31.3 Å². The number of carbonyl (C=O) groups is 1. The van der Waals surface area contributed by atoms with E-state index in [0.717, 1.165) is 16.7 Å². The number of morpholine rings is 1. The van der Waals surface area contributed by atoms with Crippen LogP contribution in [0.25, 0.3) is 0 Å². The molecule has 152 valence electrons. The second-order valence-electron chi connectivity index (χ2n) is 7.33. The highest BCUT2D eigenvalue weighted by Gasteiger charge is 2.39. The van der Waals surface area contributed by atoms with Crippen molar-refractivity contribution < 1.29 is 17.9 Å². The summed E-state index contributed by atoms with van der Waals surface area (Å²) < 4.78 is 31.7. The number of ether oxygens (including phenoxy) is 1. The minimum atomic E-state index is -4.00. The van der Waals surface area contributed by atoms with Crippen LogP contribution in [0.15, 0.2) is 52.5 Å². The molecule has 0 unspecified atom stereocenters. The van der Waals surface area contributed by atoms with Crippen LogP contribution in [0.1, 0.15) is 16.7 Å². The number of sulfone groups is 1. The molecule has 2 aliphatic rings. The van der Waals surface area contributed by atoms with Gasteiger partial charge in [-0.1, -0.05) is 35.9 Å². The highest BCUT2D eigenvalue weighted by Crippen LogP contribution is 2.34. The average Bonchev–Trinajstić information content (AvgIpc) is 2.71. The van der Waals surface area contributed by atoms with Gasteiger partial charge in [-0.3, -0.25) is 9.80 Å². The van der Waals surface area contributed by atoms with E-state index < -0.39 is 20.8 Å². The van der Waals surface area contributed by atoms with Gasteiger partial charge in [-0.15, -0.1) is 0 Å². The van der Waals surface area contributed by atoms with E-state index in [1.165, 1.54) is 4.90 Å². The van der Waals surface area contributed by atoms with Crippen LogP contribution in [-0.4, -0.2) is 50.6 Å². The molecule has 4 rings (SSSR count). The van der Waals surface area contributed by atoms with Gasteiger partial charge in [0.15, 0.2) is 0 Å². The minimum Gasteiger partial charge on any atom is -0.378 e. The van der Waals surface area contributed by atoms with Crippen LogP contribution >= 0.6 is 0 Å². The van der Waals surface area contributed by atoms with Crippen molar-refractivity contribution in [2.45, 2.75) is 25.3 Å². The Balaban J connectivity index is 1.77. The monoisotopic (exact) mass is 413 g/mol. The average molecular weight is 413 g/mol. The van der Waals surface area contributed by atoms with Gasteiger partial charge in [-0.2, -0.15) is 5.10 Å². The van der Waals surface area contributed by atoms with Crippen LogP contribution in [0.5, 0.6) is 0 Å². The van der Waals surface area contributed by atoms with Crippen LogP contribution in [-0.2, 0) is 25.9 Å². The SMILES string of the molecule is Cc1ccc(CN2N=C(C(=O)N3CCOCC3)S(=O)(=O)c3ccc(C)cc32)cc1. The van der Waals surface area contributed by atoms with Crippen LogP contribution in [0.3, 0.4) is 0 Å². The fraction of sp³-hybridized carbons (Fsp3) is 0.333. The van der Waals surface area contributed by atoms with Gasteiger partial charge in [0.25, 0.3) is 5.91 Å². The molecule has 0 radical (unpaired) electrons. The van der Waals surface area contributed by atoms with Crippen LogP contribution in [0, 0.1) is 13.8 Å². The standard InChI is InChI=1S/C21H23N3O4S/c1-15-3-6-17(7-4-15)14-24-18-13-16(2)5-8-19(18)29(26,27)20(22-24)21(25)23-9-11-28-12-10-23/h3-8,13H,9-12,14H2,1-2H3. The summed E-state index contributed by atoms with van der Waals surface area (Å²) in [5, 5.41) is 5.52. The number of hydrogen-bond acceptors (Lipinski definition) is 6. The van der Waals surface area contributed by atoms with Crippen molar-refractivity contribution in [3.05, 3.63) is 59.2 Å². The first-order valence-corrected chi connectivity index (χ1v) is 11.0. The summed E-state index contributed by atoms with van der Waals surface area (Å²) in [4.78, 5) is 14.6. The van der Waals surface area contributed by atoms with Crippen molar-refractivity contribution in [1.29, 1.82) is 0 Å². The lowest BCUT2D eigenvalue weighted by atomic mass is 10.1. The molecule has 8 heteroatoms. The van der Waals surface area contributed by atoms with E-state index in [9.17, 15) is 13.2 Å². The number of carbonyl (C=O) groups excluding carboxylic acids is 1. The molecule has 0 saturated carbocycles. The van der Waals surface area contributed by atoms with Gasteiger partial charge < -0.3 is 9.64 Å². The lowest BCUT2D eigenvalue weighted by Gasteiger charge is -2.31. The number of hydrogen-bond donors (Lipinski definition) is 0. The topological polar surface area (TPSA) is 79.3 Å². The summed E-state index contributed by atoms with van der Waals surface area (Å²) in [5.74, 6) is -0.576. The summed E-state index contributed by atoms with van der Waals surface area (Å²) in [6, 6.07) is 13.0. The largest absolute Gasteiger partial charge is 0.378 e. The maximum absolute atomic E-state index is 13.2. The molecule has 2 heterocycles. The van der Waals surface area contributed by atoms with Crippen molar-refractivity contribution >= 4 is 26.5 Å². The maximum atomic E-state index is 13.2. The minimum absolute atomic E-state index is 0.113. The first kappa shape index (κ1) is 19.6. The first-order chi connectivity index (χ1) is 13.9. The van der Waals surface area contributed by atoms with E-state index in [2.05, 4.69) is 5.10 Å². The van der Waals surface area contributed by atoms with Crippen LogP contribution < -0.4 is 5.01 Å². The van der Waals surface area contributed by atoms with Crippen molar-refractivity contribution in [2.24, 2.45) is 5.10 Å². The quantitative estimate of drug-likeness (QED) is 0.771. The fourth-order valence-corrected chi connectivity index (χ4v) is 4.88. The molecule has 7 nitrogen and oxygen atoms in total. The number of hydrazone groups is 1. The zero-order chi connectivity index (χ0) is 20.6. The number of benzene rings is 2. The van der Waals surface area contributed by atoms with E-state index in [-0.39, 0.29) is 4.90 Å². The third-order valence-electron chi connectivity index (χ3n) is 5.08. The van der Waals surface area contributed by atoms with E-state index in [1.54, 1.807) is 23.2 Å². The predicted octanol–water partition coefficient (Wildman–Crippen LogP) is 2.27. The van der Waals surface area contributed by atoms with E-state index in [1.807, 2.05) is 38.1 Å². The third-order valence-corrected chi connectivity index (χ3v) is 6.77. The molecule has 1 amide bonds. The molecule has 0 spiro atoms. The molecule has 0 aliphatic carbocycles. The zero-order valence-electron chi connectivity index (χ0n) is 16.5. The summed E-state index contributed by atoms with van der Waals surface area (Å²) in [7, 11) is -4.00. The third kappa shape index (κ3) is 3.77. The molecule has 0 N–H and O–H groups in total. The molecule has 2 aromatic rings. The van der Waals surface area contributed by atoms with Crippen molar-refractivity contribution in [3.8, 4) is 0 Å². The van der Waals surface area contributed by atoms with Gasteiger partial charge in [-0.05, 0) is 37.1 Å². The van der Waals surface area contributed by atoms with Gasteiger partial charge >= 0.3 is 0 Å². The normalized spacial score (nSPS) is 18.2. The Morgan fingerprint density at radius 3 is 2.38 bits per heavy atom. The van der Waals surface area contributed by atoms with Crippen molar-refractivity contribution in [1.82, 2.24) is 4.90 Å². The second-order valence-corrected chi connectivity index (χ2v) is 9.16. The Kier molecular flexibility index (Phi) is 5.14. The first-order valence-electron chi connectivity index (χ1n) is 9.51. The highest BCUT2D eigenvalue weighted by molar-refractivity contribution is 8.08. The number of nitrogens with zero attached hydrogens (tertiary/aromatic N) is 3. The Morgan fingerprint density at radius 2 is 1.69 bits per heavy atom. The van der Waals surface area contributed by atoms with E-state index >= 15 is 0 Å². The summed E-state index contributed by atoms with van der Waals surface area (Å²) >= 11 is 0. The Labute approximate surface area is 170 Å². The summed E-state index contributed by atoms with van der Waals surface area (Å²) in [5.41, 5.74) is 3.53. The van der Waals surface area contributed by atoms with Gasteiger partial charge in [-0.25, -0.2) is 8.42 Å². The van der Waals surface area contributed by atoms with Crippen LogP contribution in [0.4, 0.5) is 5.69 Å². The second kappa shape index (κ2) is 7.61. The van der Waals surface area contributed by atoms with Gasteiger partial charge in [0.2, 0.25) is 14.9 Å². The molecule has 0 aromatic heterocycles. The molecule has 2 aromatic carbocycles. The Hall–Kier alpha value is -2.71. The molecule has 1 fully saturated rings. The number of amides is 1. The molecular formula is C21H23N3O4S. The fourth-order valence-electron chi connectivity index (χ4n) is 3.42. The zero-order valence-corrected chi connectivity index (χ0v) is 17.3. The predicted molar refractivity (Wildman–Crippen MR) is 111 cm³/mol. The van der Waals surface area contributed by atoms with E-state index in [4.69, 9.17) is 4.74 Å². The van der Waals surface area contributed by atoms with Gasteiger partial charge in [0.1, 0.15) is 0 Å². The number of fused-ring (bicyclic) bond motifs is 1. The number of anilines is 1. The molecule has 29 heavy (non-hydrogen) atoms. The Bertz CT molecular complexity index is 1070. The number of rotatable bonds is 3. The summed E-state index contributed by atoms with van der Waals surface area (Å²) in [6.45, 7) is 5.76. The molecule has 0 atom stereocenters. The maximum Gasteiger partial charge on any atom is 0.286 e. The molecular weight excluding hydrogens is 390 g/mol. The van der Waals surface area contributed by atoms with Crippen molar-refractivity contribution in [3.63, 3.8) is 0 Å². The van der Waals surface area contributed by atoms with Gasteiger partial charge in [0, 0.05) is 13.1 Å². The Morgan fingerprint density at radius 1 is 1.03 bits per heavy atom. The highest BCUT2D eigenvalue weighted by atomic mass is 32.2. The summed E-state index contributed by atoms with van der Waals surface area (Å²) in [6.07, 6.45) is 0.